The molecule has 0 fully saturated rings. The molecule has 0 aliphatic heterocycles. The third-order valence-corrected chi connectivity index (χ3v) is 1.88. The van der Waals surface area contributed by atoms with Crippen molar-refractivity contribution >= 4 is 11.8 Å². The van der Waals surface area contributed by atoms with Crippen LogP contribution in [0.25, 0.3) is 0 Å². The fourth-order valence-electron chi connectivity index (χ4n) is 0.664. The minimum Gasteiger partial charge on any atom is -0.202 e. The summed E-state index contributed by atoms with van der Waals surface area (Å²) in [7, 11) is 0. The van der Waals surface area contributed by atoms with E-state index in [0.29, 0.717) is 6.20 Å². The van der Waals surface area contributed by atoms with Gasteiger partial charge in [0.05, 0.1) is 6.20 Å². The van der Waals surface area contributed by atoms with Crippen LogP contribution in [0.15, 0.2) is 11.2 Å². The number of nitrogens with zero attached hydrogens (tertiary/aromatic N) is 2. The number of aromatic nitrogens is 2. The molecule has 0 amide bonds. The molecule has 1 aromatic heterocycles. The Morgan fingerprint density at radius 1 is 1.31 bits per heavy atom. The standard InChI is InChI=1S/C5H3F5N2S/c6-2-1-11-12(4(7)8)3(2)13-5(9)10/h1,4-5H. The number of alkyl halides is 4. The topological polar surface area (TPSA) is 17.8 Å². The van der Waals surface area contributed by atoms with Gasteiger partial charge in [-0.15, -0.1) is 0 Å². The smallest absolute Gasteiger partial charge is 0.202 e. The molecular weight excluding hydrogens is 215 g/mol. The maximum atomic E-state index is 12.6. The van der Waals surface area contributed by atoms with Gasteiger partial charge in [-0.3, -0.25) is 0 Å². The Morgan fingerprint density at radius 2 is 1.92 bits per heavy atom. The van der Waals surface area contributed by atoms with Crippen LogP contribution in [0.4, 0.5) is 22.0 Å². The molecule has 74 valence electrons. The van der Waals surface area contributed by atoms with Crippen molar-refractivity contribution in [2.45, 2.75) is 17.3 Å². The van der Waals surface area contributed by atoms with E-state index in [-0.39, 0.29) is 16.4 Å². The first-order chi connectivity index (χ1) is 6.02. The lowest BCUT2D eigenvalue weighted by molar-refractivity contribution is 0.0463. The monoisotopic (exact) mass is 218 g/mol. The first kappa shape index (κ1) is 10.3. The van der Waals surface area contributed by atoms with Crippen LogP contribution in [0.2, 0.25) is 0 Å². The van der Waals surface area contributed by atoms with Gasteiger partial charge < -0.3 is 0 Å². The zero-order chi connectivity index (χ0) is 10.0. The van der Waals surface area contributed by atoms with E-state index in [0.717, 1.165) is 0 Å². The molecule has 0 bridgehead atoms. The second-order valence-electron chi connectivity index (χ2n) is 1.90. The molecule has 0 atom stereocenters. The van der Waals surface area contributed by atoms with Crippen LogP contribution in [0, 0.1) is 5.82 Å². The third kappa shape index (κ3) is 2.33. The normalized spacial score (nSPS) is 11.6. The highest BCUT2D eigenvalue weighted by Gasteiger charge is 2.21. The molecule has 0 spiro atoms. The molecule has 0 aliphatic carbocycles. The van der Waals surface area contributed by atoms with Crippen LogP contribution in [-0.2, 0) is 0 Å². The number of hydrogen-bond donors (Lipinski definition) is 0. The fourth-order valence-corrected chi connectivity index (χ4v) is 1.23. The number of thioether (sulfide) groups is 1. The van der Waals surface area contributed by atoms with Crippen molar-refractivity contribution in [2.75, 3.05) is 0 Å². The molecular formula is C5H3F5N2S. The quantitative estimate of drug-likeness (QED) is 0.573. The van der Waals surface area contributed by atoms with E-state index in [4.69, 9.17) is 0 Å². The summed E-state index contributed by atoms with van der Waals surface area (Å²) < 4.78 is 59.9. The van der Waals surface area contributed by atoms with Crippen LogP contribution >= 0.6 is 11.8 Å². The maximum Gasteiger partial charge on any atom is 0.334 e. The average molecular weight is 218 g/mol. The molecule has 1 heterocycles. The largest absolute Gasteiger partial charge is 0.334 e. The molecule has 0 aliphatic rings. The van der Waals surface area contributed by atoms with Gasteiger partial charge in [0.1, 0.15) is 5.03 Å². The van der Waals surface area contributed by atoms with Crippen molar-refractivity contribution in [3.8, 4) is 0 Å². The molecule has 0 saturated carbocycles. The molecule has 2 nitrogen and oxygen atoms in total. The van der Waals surface area contributed by atoms with Gasteiger partial charge in [-0.1, -0.05) is 0 Å². The Labute approximate surface area is 73.7 Å². The van der Waals surface area contributed by atoms with Gasteiger partial charge in [-0.2, -0.15) is 27.3 Å². The second kappa shape index (κ2) is 3.95. The zero-order valence-electron chi connectivity index (χ0n) is 5.92. The molecule has 13 heavy (non-hydrogen) atoms. The summed E-state index contributed by atoms with van der Waals surface area (Å²) in [5.74, 6) is -4.13. The van der Waals surface area contributed by atoms with Gasteiger partial charge in [-0.05, 0) is 11.8 Å². The summed E-state index contributed by atoms with van der Waals surface area (Å²) in [4.78, 5) is 0. The molecule has 0 radical (unpaired) electrons. The van der Waals surface area contributed by atoms with Gasteiger partial charge in [0.2, 0.25) is 0 Å². The summed E-state index contributed by atoms with van der Waals surface area (Å²) in [6, 6.07) is 0. The van der Waals surface area contributed by atoms with E-state index in [1.165, 1.54) is 0 Å². The summed E-state index contributed by atoms with van der Waals surface area (Å²) in [5, 5.41) is 2.05. The number of halogens is 5. The van der Waals surface area contributed by atoms with Crippen LogP contribution in [-0.4, -0.2) is 15.5 Å². The van der Waals surface area contributed by atoms with Crippen LogP contribution in [0.1, 0.15) is 6.55 Å². The predicted octanol–water partition coefficient (Wildman–Crippen LogP) is 2.73. The van der Waals surface area contributed by atoms with Crippen molar-refractivity contribution in [2.24, 2.45) is 0 Å². The molecule has 1 aromatic rings. The summed E-state index contributed by atoms with van der Waals surface area (Å²) in [5.41, 5.74) is 0. The minimum absolute atomic E-state index is 0.0911. The van der Waals surface area contributed by atoms with Crippen LogP contribution in [0.3, 0.4) is 0 Å². The number of rotatable bonds is 3. The van der Waals surface area contributed by atoms with E-state index in [9.17, 15) is 22.0 Å². The summed E-state index contributed by atoms with van der Waals surface area (Å²) in [6.45, 7) is -3.12. The zero-order valence-corrected chi connectivity index (χ0v) is 6.74. The highest BCUT2D eigenvalue weighted by atomic mass is 32.2. The minimum atomic E-state index is -3.12. The van der Waals surface area contributed by atoms with Gasteiger partial charge in [0.15, 0.2) is 5.82 Å². The predicted molar refractivity (Wildman–Crippen MR) is 35.3 cm³/mol. The van der Waals surface area contributed by atoms with E-state index in [2.05, 4.69) is 5.10 Å². The lowest BCUT2D eigenvalue weighted by Gasteiger charge is -2.03. The molecule has 0 N–H and O–H groups in total. The third-order valence-electron chi connectivity index (χ3n) is 1.09. The lowest BCUT2D eigenvalue weighted by Crippen LogP contribution is -2.03. The Kier molecular flexibility index (Phi) is 3.12. The van der Waals surface area contributed by atoms with E-state index >= 15 is 0 Å². The molecule has 0 aromatic carbocycles. The maximum absolute atomic E-state index is 12.6. The van der Waals surface area contributed by atoms with Crippen LogP contribution in [0.5, 0.6) is 0 Å². The van der Waals surface area contributed by atoms with Crippen LogP contribution < -0.4 is 0 Å². The first-order valence-corrected chi connectivity index (χ1v) is 3.86. The van der Waals surface area contributed by atoms with E-state index in [1.807, 2.05) is 0 Å². The molecule has 1 rings (SSSR count). The average Bonchev–Trinajstić information content (AvgIpc) is 2.32. The molecule has 8 heteroatoms. The van der Waals surface area contributed by atoms with Gasteiger partial charge in [0, 0.05) is 0 Å². The second-order valence-corrected chi connectivity index (χ2v) is 2.88. The fraction of sp³-hybridized carbons (Fsp3) is 0.400. The van der Waals surface area contributed by atoms with Gasteiger partial charge in [-0.25, -0.2) is 4.39 Å². The first-order valence-electron chi connectivity index (χ1n) is 2.98. The number of hydrogen-bond acceptors (Lipinski definition) is 2. The highest BCUT2D eigenvalue weighted by Crippen LogP contribution is 2.30. The Morgan fingerprint density at radius 3 is 2.38 bits per heavy atom. The van der Waals surface area contributed by atoms with Crippen molar-refractivity contribution in [1.82, 2.24) is 9.78 Å². The SMILES string of the molecule is Fc1cnn(C(F)F)c1SC(F)F. The van der Waals surface area contributed by atoms with Gasteiger partial charge >= 0.3 is 6.55 Å². The molecule has 0 unspecified atom stereocenters. The van der Waals surface area contributed by atoms with Crippen molar-refractivity contribution < 1.29 is 22.0 Å². The Hall–Kier alpha value is -0.790. The van der Waals surface area contributed by atoms with E-state index < -0.39 is 23.2 Å². The summed E-state index contributed by atoms with van der Waals surface area (Å²) >= 11 is -0.301. The molecule has 0 saturated heterocycles. The van der Waals surface area contributed by atoms with Crippen molar-refractivity contribution in [3.05, 3.63) is 12.0 Å². The lowest BCUT2D eigenvalue weighted by atomic mass is 10.7. The van der Waals surface area contributed by atoms with Gasteiger partial charge in [0.25, 0.3) is 5.76 Å². The Balaban J connectivity index is 2.94. The van der Waals surface area contributed by atoms with E-state index in [1.54, 1.807) is 0 Å². The highest BCUT2D eigenvalue weighted by molar-refractivity contribution is 7.99. The Bertz CT molecular complexity index is 286. The van der Waals surface area contributed by atoms with Crippen molar-refractivity contribution in [3.63, 3.8) is 0 Å². The summed E-state index contributed by atoms with van der Waals surface area (Å²) in [6.07, 6.45) is 0.469. The van der Waals surface area contributed by atoms with Crippen molar-refractivity contribution in [1.29, 1.82) is 0 Å².